The Bertz CT molecular complexity index is 355. The molecule has 86 valence electrons. The normalized spacial score (nSPS) is 24.9. The highest BCUT2D eigenvalue weighted by Crippen LogP contribution is 2.39. The Morgan fingerprint density at radius 3 is 2.62 bits per heavy atom. The topological polar surface area (TPSA) is 17.1 Å². The molecule has 1 saturated carbocycles. The first kappa shape index (κ1) is 11.4. The van der Waals surface area contributed by atoms with Gasteiger partial charge in [0.2, 0.25) is 0 Å². The Hall–Kier alpha value is -1.11. The number of hydrogen-bond acceptors (Lipinski definition) is 1. The summed E-state index contributed by atoms with van der Waals surface area (Å²) in [7, 11) is 0. The van der Waals surface area contributed by atoms with Crippen LogP contribution < -0.4 is 0 Å². The van der Waals surface area contributed by atoms with E-state index in [2.05, 4.69) is 37.3 Å². The van der Waals surface area contributed by atoms with Gasteiger partial charge in [-0.05, 0) is 36.7 Å². The van der Waals surface area contributed by atoms with Crippen LogP contribution in [-0.4, -0.2) is 5.78 Å². The molecule has 0 bridgehead atoms. The lowest BCUT2D eigenvalue weighted by Gasteiger charge is -2.22. The molecule has 0 radical (unpaired) electrons. The monoisotopic (exact) mass is 216 g/mol. The Morgan fingerprint density at radius 2 is 2.00 bits per heavy atom. The molecule has 1 aromatic rings. The van der Waals surface area contributed by atoms with Crippen molar-refractivity contribution in [3.05, 3.63) is 35.9 Å². The fourth-order valence-electron chi connectivity index (χ4n) is 2.67. The average Bonchev–Trinajstić information content (AvgIpc) is 2.60. The molecule has 2 rings (SSSR count). The van der Waals surface area contributed by atoms with Crippen molar-refractivity contribution in [2.45, 2.75) is 45.4 Å². The highest BCUT2D eigenvalue weighted by atomic mass is 16.1. The van der Waals surface area contributed by atoms with E-state index in [0.29, 0.717) is 11.2 Å². The van der Waals surface area contributed by atoms with E-state index >= 15 is 0 Å². The second-order valence-corrected chi connectivity index (χ2v) is 5.37. The largest absolute Gasteiger partial charge is 0.300 e. The molecule has 1 aromatic carbocycles. The summed E-state index contributed by atoms with van der Waals surface area (Å²) in [4.78, 5) is 11.3. The van der Waals surface area contributed by atoms with Gasteiger partial charge < -0.3 is 0 Å². The Kier molecular flexibility index (Phi) is 3.42. The maximum atomic E-state index is 11.3. The lowest BCUT2D eigenvalue weighted by atomic mass is 9.83. The van der Waals surface area contributed by atoms with Gasteiger partial charge in [-0.1, -0.05) is 37.3 Å². The van der Waals surface area contributed by atoms with Gasteiger partial charge in [-0.15, -0.1) is 0 Å². The smallest absolute Gasteiger partial charge is 0.133 e. The number of Topliss-reactive ketones (excluding diaryl/α,β-unsaturated/α-hetero) is 1. The Labute approximate surface area is 97.9 Å². The zero-order valence-corrected chi connectivity index (χ0v) is 10.0. The van der Waals surface area contributed by atoms with Crippen molar-refractivity contribution in [3.8, 4) is 0 Å². The summed E-state index contributed by atoms with van der Waals surface area (Å²) in [5.74, 6) is 0.460. The molecule has 0 amide bonds. The van der Waals surface area contributed by atoms with E-state index in [1.54, 1.807) is 0 Å². The van der Waals surface area contributed by atoms with Gasteiger partial charge in [0.1, 0.15) is 5.78 Å². The van der Waals surface area contributed by atoms with Gasteiger partial charge in [0.15, 0.2) is 0 Å². The SMILES string of the molecule is CC1(CCCc2ccccc2)CCC(=O)C1. The summed E-state index contributed by atoms with van der Waals surface area (Å²) >= 11 is 0. The van der Waals surface area contributed by atoms with Crippen LogP contribution in [0.25, 0.3) is 0 Å². The number of benzene rings is 1. The fourth-order valence-corrected chi connectivity index (χ4v) is 2.67. The minimum atomic E-state index is 0.297. The molecular formula is C15H20O. The number of carbonyl (C=O) groups excluding carboxylic acids is 1. The third kappa shape index (κ3) is 2.94. The zero-order valence-electron chi connectivity index (χ0n) is 10.0. The summed E-state index contributed by atoms with van der Waals surface area (Å²) in [6.07, 6.45) is 6.25. The van der Waals surface area contributed by atoms with Crippen LogP contribution in [0.15, 0.2) is 30.3 Å². The average molecular weight is 216 g/mol. The summed E-state index contributed by atoms with van der Waals surface area (Å²) in [6.45, 7) is 2.27. The van der Waals surface area contributed by atoms with E-state index in [1.807, 2.05) is 0 Å². The highest BCUT2D eigenvalue weighted by molar-refractivity contribution is 5.81. The van der Waals surface area contributed by atoms with Crippen LogP contribution >= 0.6 is 0 Å². The lowest BCUT2D eigenvalue weighted by molar-refractivity contribution is -0.118. The van der Waals surface area contributed by atoms with Crippen LogP contribution in [0.1, 0.15) is 44.6 Å². The summed E-state index contributed by atoms with van der Waals surface area (Å²) in [5.41, 5.74) is 1.71. The van der Waals surface area contributed by atoms with Gasteiger partial charge >= 0.3 is 0 Å². The van der Waals surface area contributed by atoms with Crippen molar-refractivity contribution < 1.29 is 4.79 Å². The van der Waals surface area contributed by atoms with Gasteiger partial charge in [-0.3, -0.25) is 4.79 Å². The minimum Gasteiger partial charge on any atom is -0.300 e. The van der Waals surface area contributed by atoms with E-state index in [9.17, 15) is 4.79 Å². The van der Waals surface area contributed by atoms with Gasteiger partial charge in [-0.25, -0.2) is 0 Å². The van der Waals surface area contributed by atoms with Crippen LogP contribution in [0, 0.1) is 5.41 Å². The summed E-state index contributed by atoms with van der Waals surface area (Å²) < 4.78 is 0. The number of hydrogen-bond donors (Lipinski definition) is 0. The molecule has 1 aliphatic carbocycles. The molecule has 1 nitrogen and oxygen atoms in total. The molecule has 0 aromatic heterocycles. The first-order chi connectivity index (χ1) is 7.68. The predicted octanol–water partition coefficient (Wildman–Crippen LogP) is 3.77. The van der Waals surface area contributed by atoms with Crippen molar-refractivity contribution in [2.24, 2.45) is 5.41 Å². The van der Waals surface area contributed by atoms with Crippen molar-refractivity contribution >= 4 is 5.78 Å². The van der Waals surface area contributed by atoms with E-state index in [1.165, 1.54) is 18.4 Å². The Morgan fingerprint density at radius 1 is 1.25 bits per heavy atom. The first-order valence-electron chi connectivity index (χ1n) is 6.24. The molecule has 1 fully saturated rings. The Balaban J connectivity index is 1.78. The van der Waals surface area contributed by atoms with Gasteiger partial charge in [0, 0.05) is 12.8 Å². The molecule has 1 atom stereocenters. The molecule has 1 heteroatoms. The molecule has 0 aliphatic heterocycles. The van der Waals surface area contributed by atoms with Crippen LogP contribution in [-0.2, 0) is 11.2 Å². The molecule has 1 unspecified atom stereocenters. The van der Waals surface area contributed by atoms with Crippen LogP contribution in [0.5, 0.6) is 0 Å². The first-order valence-corrected chi connectivity index (χ1v) is 6.24. The van der Waals surface area contributed by atoms with Gasteiger partial charge in [-0.2, -0.15) is 0 Å². The third-order valence-corrected chi connectivity index (χ3v) is 3.72. The van der Waals surface area contributed by atoms with E-state index in [0.717, 1.165) is 25.7 Å². The quantitative estimate of drug-likeness (QED) is 0.748. The molecule has 0 spiro atoms. The molecule has 0 saturated heterocycles. The molecule has 0 heterocycles. The van der Waals surface area contributed by atoms with Crippen molar-refractivity contribution in [1.29, 1.82) is 0 Å². The van der Waals surface area contributed by atoms with E-state index in [4.69, 9.17) is 0 Å². The van der Waals surface area contributed by atoms with Crippen molar-refractivity contribution in [2.75, 3.05) is 0 Å². The van der Waals surface area contributed by atoms with E-state index < -0.39 is 0 Å². The third-order valence-electron chi connectivity index (χ3n) is 3.72. The molecule has 0 N–H and O–H groups in total. The number of rotatable bonds is 4. The van der Waals surface area contributed by atoms with E-state index in [-0.39, 0.29) is 0 Å². The van der Waals surface area contributed by atoms with Crippen LogP contribution in [0.4, 0.5) is 0 Å². The predicted molar refractivity (Wildman–Crippen MR) is 66.3 cm³/mol. The zero-order chi connectivity index (χ0) is 11.4. The molecule has 16 heavy (non-hydrogen) atoms. The van der Waals surface area contributed by atoms with Gasteiger partial charge in [0.25, 0.3) is 0 Å². The maximum Gasteiger partial charge on any atom is 0.133 e. The van der Waals surface area contributed by atoms with Crippen molar-refractivity contribution in [3.63, 3.8) is 0 Å². The number of aryl methyl sites for hydroxylation is 1. The van der Waals surface area contributed by atoms with Crippen molar-refractivity contribution in [1.82, 2.24) is 0 Å². The number of carbonyl (C=O) groups is 1. The fraction of sp³-hybridized carbons (Fsp3) is 0.533. The molecule has 1 aliphatic rings. The maximum absolute atomic E-state index is 11.3. The highest BCUT2D eigenvalue weighted by Gasteiger charge is 2.32. The second-order valence-electron chi connectivity index (χ2n) is 5.37. The standard InChI is InChI=1S/C15H20O/c1-15(11-9-14(16)12-15)10-5-8-13-6-3-2-4-7-13/h2-4,6-7H,5,8-12H2,1H3. The van der Waals surface area contributed by atoms with Crippen LogP contribution in [0.3, 0.4) is 0 Å². The summed E-state index contributed by atoms with van der Waals surface area (Å²) in [6, 6.07) is 10.6. The second kappa shape index (κ2) is 4.82. The summed E-state index contributed by atoms with van der Waals surface area (Å²) in [5, 5.41) is 0. The van der Waals surface area contributed by atoms with Crippen LogP contribution in [0.2, 0.25) is 0 Å². The lowest BCUT2D eigenvalue weighted by Crippen LogP contribution is -2.12. The number of ketones is 1. The minimum absolute atomic E-state index is 0.297. The van der Waals surface area contributed by atoms with Gasteiger partial charge in [0.05, 0.1) is 0 Å². The molecular weight excluding hydrogens is 196 g/mol.